The molecule has 0 aliphatic carbocycles. The van der Waals surface area contributed by atoms with Crippen LogP contribution in [0.5, 0.6) is 0 Å². The molecule has 4 rings (SSSR count). The van der Waals surface area contributed by atoms with E-state index >= 15 is 0 Å². The molecule has 6 heteroatoms. The highest BCUT2D eigenvalue weighted by molar-refractivity contribution is 6.31. The zero-order valence-corrected chi connectivity index (χ0v) is 15.3. The molecule has 26 heavy (non-hydrogen) atoms. The van der Waals surface area contributed by atoms with E-state index < -0.39 is 0 Å². The van der Waals surface area contributed by atoms with E-state index in [-0.39, 0.29) is 11.8 Å². The number of carbonyl (C=O) groups is 1. The topological polar surface area (TPSA) is 59.2 Å². The molecule has 1 saturated heterocycles. The summed E-state index contributed by atoms with van der Waals surface area (Å²) in [5.41, 5.74) is 3.84. The average molecular weight is 368 g/mol. The van der Waals surface area contributed by atoms with Crippen LogP contribution in [0.1, 0.15) is 29.3 Å². The number of nitrogens with zero attached hydrogens (tertiary/aromatic N) is 3. The third-order valence-electron chi connectivity index (χ3n) is 4.77. The van der Waals surface area contributed by atoms with Crippen LogP contribution in [0.3, 0.4) is 0 Å². The summed E-state index contributed by atoms with van der Waals surface area (Å²) in [5.74, 6) is 1.01. The van der Waals surface area contributed by atoms with Crippen molar-refractivity contribution in [3.8, 4) is 11.5 Å². The van der Waals surface area contributed by atoms with Gasteiger partial charge in [-0.25, -0.2) is 0 Å². The summed E-state index contributed by atoms with van der Waals surface area (Å²) in [6.45, 7) is 4.49. The van der Waals surface area contributed by atoms with Gasteiger partial charge in [-0.3, -0.25) is 4.79 Å². The number of anilines is 1. The van der Waals surface area contributed by atoms with Gasteiger partial charge >= 0.3 is 0 Å². The van der Waals surface area contributed by atoms with Gasteiger partial charge in [-0.05, 0) is 43.2 Å². The van der Waals surface area contributed by atoms with Gasteiger partial charge in [-0.15, -0.1) is 0 Å². The molecule has 0 N–H and O–H groups in total. The molecule has 0 radical (unpaired) electrons. The van der Waals surface area contributed by atoms with E-state index in [4.69, 9.17) is 16.1 Å². The standard InChI is InChI=1S/C20H18ClN3O2/c1-12-5-3-4-6-16(12)20-22-19(23-26-20)14-9-18(25)24(11-14)17-10-15(21)8-7-13(17)2/h3-8,10,14H,9,11H2,1-2H3. The first-order valence-electron chi connectivity index (χ1n) is 8.49. The van der Waals surface area contributed by atoms with Crippen molar-refractivity contribution in [3.05, 3.63) is 64.4 Å². The third kappa shape index (κ3) is 2.99. The summed E-state index contributed by atoms with van der Waals surface area (Å²) in [4.78, 5) is 18.9. The second kappa shape index (κ2) is 6.57. The Morgan fingerprint density at radius 1 is 1.15 bits per heavy atom. The van der Waals surface area contributed by atoms with Gasteiger partial charge in [-0.2, -0.15) is 4.98 Å². The molecule has 5 nitrogen and oxygen atoms in total. The number of carbonyl (C=O) groups excluding carboxylic acids is 1. The summed E-state index contributed by atoms with van der Waals surface area (Å²) >= 11 is 6.10. The van der Waals surface area contributed by atoms with Gasteiger partial charge < -0.3 is 9.42 Å². The zero-order chi connectivity index (χ0) is 18.3. The number of aryl methyl sites for hydroxylation is 2. The Balaban J connectivity index is 1.60. The number of rotatable bonds is 3. The van der Waals surface area contributed by atoms with Crippen LogP contribution in [0, 0.1) is 13.8 Å². The summed E-state index contributed by atoms with van der Waals surface area (Å²) in [5, 5.41) is 4.74. The van der Waals surface area contributed by atoms with E-state index in [1.54, 1.807) is 4.90 Å². The SMILES string of the molecule is Cc1ccccc1-c1nc(C2CC(=O)N(c3cc(Cl)ccc3C)C2)no1. The minimum absolute atomic E-state index is 0.0441. The summed E-state index contributed by atoms with van der Waals surface area (Å²) in [6, 6.07) is 13.4. The highest BCUT2D eigenvalue weighted by Gasteiger charge is 2.35. The van der Waals surface area contributed by atoms with E-state index in [1.165, 1.54) is 0 Å². The number of hydrogen-bond acceptors (Lipinski definition) is 4. The Labute approximate surface area is 156 Å². The van der Waals surface area contributed by atoms with Gasteiger partial charge in [0.15, 0.2) is 5.82 Å². The highest BCUT2D eigenvalue weighted by Crippen LogP contribution is 2.34. The highest BCUT2D eigenvalue weighted by atomic mass is 35.5. The second-order valence-electron chi connectivity index (χ2n) is 6.61. The molecule has 0 spiro atoms. The molecular formula is C20H18ClN3O2. The lowest BCUT2D eigenvalue weighted by Gasteiger charge is -2.19. The fraction of sp³-hybridized carbons (Fsp3) is 0.250. The van der Waals surface area contributed by atoms with Crippen molar-refractivity contribution < 1.29 is 9.32 Å². The Bertz CT molecular complexity index is 983. The summed E-state index contributed by atoms with van der Waals surface area (Å²) in [6.07, 6.45) is 0.360. The van der Waals surface area contributed by atoms with Crippen molar-refractivity contribution in [1.82, 2.24) is 10.1 Å². The molecule has 132 valence electrons. The van der Waals surface area contributed by atoms with Crippen LogP contribution in [0.15, 0.2) is 47.0 Å². The Morgan fingerprint density at radius 2 is 1.96 bits per heavy atom. The van der Waals surface area contributed by atoms with Gasteiger partial charge in [0.05, 0.1) is 0 Å². The predicted octanol–water partition coefficient (Wildman–Crippen LogP) is 4.53. The number of aromatic nitrogens is 2. The molecule has 3 aromatic rings. The van der Waals surface area contributed by atoms with Gasteiger partial charge in [0.2, 0.25) is 5.91 Å². The molecule has 1 aliphatic rings. The summed E-state index contributed by atoms with van der Waals surface area (Å²) < 4.78 is 5.45. The van der Waals surface area contributed by atoms with E-state index in [1.807, 2.05) is 56.3 Å². The molecule has 0 bridgehead atoms. The molecule has 1 fully saturated rings. The van der Waals surface area contributed by atoms with Crippen molar-refractivity contribution in [2.24, 2.45) is 0 Å². The lowest BCUT2D eigenvalue weighted by Crippen LogP contribution is -2.25. The van der Waals surface area contributed by atoms with Crippen molar-refractivity contribution in [2.45, 2.75) is 26.2 Å². The Kier molecular flexibility index (Phi) is 4.24. The predicted molar refractivity (Wildman–Crippen MR) is 100 cm³/mol. The normalized spacial score (nSPS) is 17.1. The van der Waals surface area contributed by atoms with Crippen LogP contribution < -0.4 is 4.90 Å². The zero-order valence-electron chi connectivity index (χ0n) is 14.6. The van der Waals surface area contributed by atoms with E-state index in [2.05, 4.69) is 10.1 Å². The maximum atomic E-state index is 12.5. The van der Waals surface area contributed by atoms with Crippen LogP contribution >= 0.6 is 11.6 Å². The van der Waals surface area contributed by atoms with Crippen LogP contribution in [-0.4, -0.2) is 22.6 Å². The van der Waals surface area contributed by atoms with Crippen molar-refractivity contribution >= 4 is 23.2 Å². The molecule has 2 heterocycles. The molecule has 1 unspecified atom stereocenters. The van der Waals surface area contributed by atoms with E-state index in [0.29, 0.717) is 29.7 Å². The quantitative estimate of drug-likeness (QED) is 0.682. The van der Waals surface area contributed by atoms with Crippen LogP contribution in [-0.2, 0) is 4.79 Å². The first kappa shape index (κ1) is 16.8. The first-order chi connectivity index (χ1) is 12.5. The van der Waals surface area contributed by atoms with Gasteiger partial charge in [-0.1, -0.05) is 41.0 Å². The van der Waals surface area contributed by atoms with Crippen molar-refractivity contribution in [1.29, 1.82) is 0 Å². The minimum Gasteiger partial charge on any atom is -0.334 e. The molecule has 2 aromatic carbocycles. The van der Waals surface area contributed by atoms with Gasteiger partial charge in [0.25, 0.3) is 5.89 Å². The lowest BCUT2D eigenvalue weighted by atomic mass is 10.1. The number of halogens is 1. The Hall–Kier alpha value is -2.66. The monoisotopic (exact) mass is 367 g/mol. The smallest absolute Gasteiger partial charge is 0.258 e. The fourth-order valence-electron chi connectivity index (χ4n) is 3.31. The lowest BCUT2D eigenvalue weighted by molar-refractivity contribution is -0.117. The van der Waals surface area contributed by atoms with Crippen molar-refractivity contribution in [2.75, 3.05) is 11.4 Å². The van der Waals surface area contributed by atoms with Crippen LogP contribution in [0.4, 0.5) is 5.69 Å². The molecule has 1 aliphatic heterocycles. The first-order valence-corrected chi connectivity index (χ1v) is 8.87. The molecular weight excluding hydrogens is 350 g/mol. The molecule has 1 atom stereocenters. The maximum Gasteiger partial charge on any atom is 0.258 e. The number of benzene rings is 2. The van der Waals surface area contributed by atoms with Crippen molar-refractivity contribution in [3.63, 3.8) is 0 Å². The number of amides is 1. The molecule has 0 saturated carbocycles. The average Bonchev–Trinajstić information content (AvgIpc) is 3.24. The number of hydrogen-bond donors (Lipinski definition) is 0. The maximum absolute atomic E-state index is 12.5. The Morgan fingerprint density at radius 3 is 2.77 bits per heavy atom. The van der Waals surface area contributed by atoms with E-state index in [0.717, 1.165) is 22.4 Å². The van der Waals surface area contributed by atoms with Gasteiger partial charge in [0.1, 0.15) is 0 Å². The fourth-order valence-corrected chi connectivity index (χ4v) is 3.48. The minimum atomic E-state index is -0.0950. The largest absolute Gasteiger partial charge is 0.334 e. The third-order valence-corrected chi connectivity index (χ3v) is 5.00. The van der Waals surface area contributed by atoms with Gasteiger partial charge in [0, 0.05) is 35.2 Å². The van der Waals surface area contributed by atoms with Crippen LogP contribution in [0.25, 0.3) is 11.5 Å². The molecule has 1 amide bonds. The molecule has 1 aromatic heterocycles. The second-order valence-corrected chi connectivity index (χ2v) is 7.05. The van der Waals surface area contributed by atoms with Crippen LogP contribution in [0.2, 0.25) is 5.02 Å². The van der Waals surface area contributed by atoms with E-state index in [9.17, 15) is 4.79 Å². The summed E-state index contributed by atoms with van der Waals surface area (Å²) in [7, 11) is 0.